The Bertz CT molecular complexity index is 683. The van der Waals surface area contributed by atoms with E-state index in [4.69, 9.17) is 0 Å². The highest BCUT2D eigenvalue weighted by Gasteiger charge is 2.24. The lowest BCUT2D eigenvalue weighted by Gasteiger charge is -2.20. The molecule has 2 rings (SSSR count). The number of aryl methyl sites for hydroxylation is 1. The number of nitrogens with one attached hydrogen (secondary N) is 3. The fourth-order valence-corrected chi connectivity index (χ4v) is 4.29. The maximum atomic E-state index is 12.7. The molecule has 5 nitrogen and oxygen atoms in total. The highest BCUT2D eigenvalue weighted by Crippen LogP contribution is 2.28. The van der Waals surface area contributed by atoms with Crippen LogP contribution in [0.1, 0.15) is 107 Å². The topological polar surface area (TPSA) is 70.2 Å². The number of hydrogen-bond donors (Lipinski definition) is 3. The first-order chi connectivity index (χ1) is 15.9. The summed E-state index contributed by atoms with van der Waals surface area (Å²) in [6.07, 6.45) is 11.4. The number of unbranched alkanes of at least 4 members (excludes halogenated alkanes) is 1. The van der Waals surface area contributed by atoms with Gasteiger partial charge in [-0.05, 0) is 62.7 Å². The van der Waals surface area contributed by atoms with Crippen LogP contribution >= 0.6 is 11.3 Å². The number of amides is 2. The minimum Gasteiger partial charge on any atom is -0.354 e. The molecule has 190 valence electrons. The van der Waals surface area contributed by atoms with Crippen LogP contribution in [0.15, 0.2) is 12.1 Å². The molecule has 0 bridgehead atoms. The molecule has 0 spiro atoms. The van der Waals surface area contributed by atoms with Crippen molar-refractivity contribution in [2.45, 2.75) is 99.5 Å². The van der Waals surface area contributed by atoms with Crippen LogP contribution in [0.4, 0.5) is 0 Å². The zero-order valence-corrected chi connectivity index (χ0v) is 23.0. The highest BCUT2D eigenvalue weighted by atomic mass is 32.1. The van der Waals surface area contributed by atoms with Crippen LogP contribution in [-0.4, -0.2) is 37.5 Å². The number of hydrogen-bond acceptors (Lipinski definition) is 4. The molecule has 3 N–H and O–H groups in total. The molecule has 33 heavy (non-hydrogen) atoms. The van der Waals surface area contributed by atoms with E-state index in [0.29, 0.717) is 23.8 Å². The zero-order chi connectivity index (χ0) is 25.1. The van der Waals surface area contributed by atoms with Crippen molar-refractivity contribution in [3.8, 4) is 0 Å². The molecule has 0 radical (unpaired) electrons. The predicted octanol–water partition coefficient (Wildman–Crippen LogP) is 6.19. The lowest BCUT2D eigenvalue weighted by Crippen LogP contribution is -2.47. The highest BCUT2D eigenvalue weighted by molar-refractivity contribution is 7.14. The molecular weight excluding hydrogens is 430 g/mol. The minimum absolute atomic E-state index is 0.0863. The van der Waals surface area contributed by atoms with Gasteiger partial charge in [0.05, 0.1) is 4.88 Å². The Morgan fingerprint density at radius 3 is 2.33 bits per heavy atom. The normalized spacial score (nSPS) is 12.6. The van der Waals surface area contributed by atoms with E-state index in [1.54, 1.807) is 11.3 Å². The van der Waals surface area contributed by atoms with Crippen LogP contribution in [0, 0.1) is 5.92 Å². The van der Waals surface area contributed by atoms with Crippen molar-refractivity contribution in [2.24, 2.45) is 5.92 Å². The van der Waals surface area contributed by atoms with Crippen LogP contribution in [0.25, 0.3) is 6.08 Å². The van der Waals surface area contributed by atoms with Crippen LogP contribution in [0.3, 0.4) is 0 Å². The Kier molecular flexibility index (Phi) is 18.8. The quantitative estimate of drug-likeness (QED) is 0.313. The SMILES string of the molecule is CC.CCC.CCCCNCCCNC(=O)[C@H](CC(C)C)NC(=O)c1cc2c(s1)CCC=C2. The summed E-state index contributed by atoms with van der Waals surface area (Å²) in [6.45, 7) is 17.1. The molecule has 1 heterocycles. The van der Waals surface area contributed by atoms with Gasteiger partial charge < -0.3 is 16.0 Å². The molecule has 0 saturated heterocycles. The Morgan fingerprint density at radius 2 is 1.73 bits per heavy atom. The predicted molar refractivity (Wildman–Crippen MR) is 145 cm³/mol. The summed E-state index contributed by atoms with van der Waals surface area (Å²) >= 11 is 1.54. The molecule has 0 saturated carbocycles. The van der Waals surface area contributed by atoms with Crippen molar-refractivity contribution in [3.05, 3.63) is 27.5 Å². The molecule has 1 aliphatic carbocycles. The molecule has 1 aromatic rings. The smallest absolute Gasteiger partial charge is 0.262 e. The van der Waals surface area contributed by atoms with E-state index in [9.17, 15) is 9.59 Å². The van der Waals surface area contributed by atoms with Gasteiger partial charge in [-0.3, -0.25) is 9.59 Å². The standard InChI is InChI=1S/C22H35N3O2S.C3H8.C2H6/c1-4-5-11-23-12-8-13-24-21(26)18(14-16(2)3)25-22(27)20-15-17-9-6-7-10-19(17)28-20;1-3-2;1-2/h6,9,15-16,18,23H,4-5,7-8,10-14H2,1-3H3,(H,24,26)(H,25,27);3H2,1-2H3;1-2H3/t18-;;/m0../s1. The molecule has 1 atom stereocenters. The van der Waals surface area contributed by atoms with E-state index in [0.717, 1.165) is 37.9 Å². The summed E-state index contributed by atoms with van der Waals surface area (Å²) in [6, 6.07) is 1.45. The molecule has 1 aliphatic rings. The van der Waals surface area contributed by atoms with E-state index in [1.165, 1.54) is 24.1 Å². The average Bonchev–Trinajstić information content (AvgIpc) is 3.24. The van der Waals surface area contributed by atoms with Crippen LogP contribution in [0.2, 0.25) is 0 Å². The molecule has 6 heteroatoms. The second kappa shape index (κ2) is 19.8. The van der Waals surface area contributed by atoms with E-state index >= 15 is 0 Å². The number of carbonyl (C=O) groups is 2. The van der Waals surface area contributed by atoms with Crippen molar-refractivity contribution in [1.29, 1.82) is 0 Å². The van der Waals surface area contributed by atoms with Gasteiger partial charge in [0.2, 0.25) is 5.91 Å². The van der Waals surface area contributed by atoms with Gasteiger partial charge in [0.25, 0.3) is 5.91 Å². The van der Waals surface area contributed by atoms with Gasteiger partial charge >= 0.3 is 0 Å². The van der Waals surface area contributed by atoms with Crippen LogP contribution in [0.5, 0.6) is 0 Å². The van der Waals surface area contributed by atoms with Crippen LogP contribution < -0.4 is 16.0 Å². The Labute approximate surface area is 207 Å². The van der Waals surface area contributed by atoms with Crippen molar-refractivity contribution in [3.63, 3.8) is 0 Å². The van der Waals surface area contributed by atoms with Crippen molar-refractivity contribution >= 4 is 29.2 Å². The van der Waals surface area contributed by atoms with Gasteiger partial charge in [-0.1, -0.05) is 73.5 Å². The third kappa shape index (κ3) is 13.6. The average molecular weight is 480 g/mol. The maximum absolute atomic E-state index is 12.7. The van der Waals surface area contributed by atoms with Gasteiger partial charge in [0.15, 0.2) is 0 Å². The first kappa shape index (κ1) is 31.3. The summed E-state index contributed by atoms with van der Waals surface area (Å²) < 4.78 is 0. The number of thiophene rings is 1. The minimum atomic E-state index is -0.491. The molecule has 0 aliphatic heterocycles. The summed E-state index contributed by atoms with van der Waals surface area (Å²) in [4.78, 5) is 27.3. The summed E-state index contributed by atoms with van der Waals surface area (Å²) in [7, 11) is 0. The van der Waals surface area contributed by atoms with Crippen molar-refractivity contribution in [2.75, 3.05) is 19.6 Å². The maximum Gasteiger partial charge on any atom is 0.262 e. The van der Waals surface area contributed by atoms with Gasteiger partial charge in [0, 0.05) is 11.4 Å². The second-order valence-corrected chi connectivity index (χ2v) is 9.68. The van der Waals surface area contributed by atoms with Gasteiger partial charge in [-0.25, -0.2) is 0 Å². The lowest BCUT2D eigenvalue weighted by molar-refractivity contribution is -0.123. The molecule has 0 fully saturated rings. The Hall–Kier alpha value is -1.66. The zero-order valence-electron chi connectivity index (χ0n) is 22.2. The summed E-state index contributed by atoms with van der Waals surface area (Å²) in [5.74, 6) is 0.0953. The van der Waals surface area contributed by atoms with E-state index in [-0.39, 0.29) is 11.8 Å². The van der Waals surface area contributed by atoms with E-state index in [2.05, 4.69) is 62.7 Å². The molecule has 0 unspecified atom stereocenters. The fourth-order valence-electron chi connectivity index (χ4n) is 3.22. The van der Waals surface area contributed by atoms with Crippen molar-refractivity contribution in [1.82, 2.24) is 16.0 Å². The fraction of sp³-hybridized carbons (Fsp3) is 0.704. The van der Waals surface area contributed by atoms with Crippen molar-refractivity contribution < 1.29 is 9.59 Å². The van der Waals surface area contributed by atoms with Gasteiger partial charge in [0.1, 0.15) is 6.04 Å². The first-order valence-electron chi connectivity index (χ1n) is 13.0. The first-order valence-corrected chi connectivity index (χ1v) is 13.8. The third-order valence-electron chi connectivity index (χ3n) is 4.77. The Balaban J connectivity index is 0.00000189. The Morgan fingerprint density at radius 1 is 1.06 bits per heavy atom. The van der Waals surface area contributed by atoms with E-state index in [1.807, 2.05) is 19.9 Å². The lowest BCUT2D eigenvalue weighted by atomic mass is 10.0. The monoisotopic (exact) mass is 479 g/mol. The largest absolute Gasteiger partial charge is 0.354 e. The van der Waals surface area contributed by atoms with Gasteiger partial charge in [-0.15, -0.1) is 11.3 Å². The summed E-state index contributed by atoms with van der Waals surface area (Å²) in [5.41, 5.74) is 1.14. The number of carbonyl (C=O) groups excluding carboxylic acids is 2. The number of fused-ring (bicyclic) bond motifs is 1. The third-order valence-corrected chi connectivity index (χ3v) is 5.98. The molecular formula is C27H49N3O2S. The number of allylic oxidation sites excluding steroid dienone is 1. The second-order valence-electron chi connectivity index (χ2n) is 8.54. The molecule has 2 amide bonds. The van der Waals surface area contributed by atoms with Gasteiger partial charge in [-0.2, -0.15) is 0 Å². The molecule has 1 aromatic heterocycles. The summed E-state index contributed by atoms with van der Waals surface area (Å²) in [5, 5.41) is 9.32. The van der Waals surface area contributed by atoms with Crippen LogP contribution in [-0.2, 0) is 11.2 Å². The molecule has 0 aromatic carbocycles. The van der Waals surface area contributed by atoms with E-state index < -0.39 is 6.04 Å². The number of rotatable bonds is 12.